The summed E-state index contributed by atoms with van der Waals surface area (Å²) in [6.45, 7) is 8.53. The molecule has 1 aliphatic rings. The molecule has 0 radical (unpaired) electrons. The highest BCUT2D eigenvalue weighted by Gasteiger charge is 2.31. The first-order chi connectivity index (χ1) is 7.57. The number of rotatable bonds is 6. The highest BCUT2D eigenvalue weighted by molar-refractivity contribution is 4.83. The van der Waals surface area contributed by atoms with E-state index in [9.17, 15) is 0 Å². The fourth-order valence-corrected chi connectivity index (χ4v) is 2.74. The molecular weight excluding hydrogens is 200 g/mol. The topological polar surface area (TPSA) is 29.5 Å². The van der Waals surface area contributed by atoms with Gasteiger partial charge in [0.1, 0.15) is 0 Å². The number of hydrogen-bond donors (Lipinski definition) is 1. The van der Waals surface area contributed by atoms with Gasteiger partial charge in [-0.2, -0.15) is 0 Å². The Hall–Kier alpha value is -0.0800. The Kier molecular flexibility index (Phi) is 5.77. The van der Waals surface area contributed by atoms with Gasteiger partial charge in [0.05, 0.1) is 13.2 Å². The van der Waals surface area contributed by atoms with Gasteiger partial charge in [0, 0.05) is 6.61 Å². The Labute approximate surface area is 100 Å². The number of hydrogen-bond acceptors (Lipinski definition) is 2. The summed E-state index contributed by atoms with van der Waals surface area (Å²) < 4.78 is 5.38. The van der Waals surface area contributed by atoms with Crippen LogP contribution in [-0.2, 0) is 4.74 Å². The van der Waals surface area contributed by atoms with Gasteiger partial charge in [-0.05, 0) is 49.4 Å². The van der Waals surface area contributed by atoms with Crippen molar-refractivity contribution >= 4 is 0 Å². The van der Waals surface area contributed by atoms with Crippen LogP contribution in [0.5, 0.6) is 0 Å². The maximum absolute atomic E-state index is 8.64. The van der Waals surface area contributed by atoms with Crippen molar-refractivity contribution in [3.63, 3.8) is 0 Å². The van der Waals surface area contributed by atoms with Crippen LogP contribution in [0.3, 0.4) is 0 Å². The molecule has 0 saturated heterocycles. The molecule has 16 heavy (non-hydrogen) atoms. The molecule has 2 nitrogen and oxygen atoms in total. The van der Waals surface area contributed by atoms with Crippen molar-refractivity contribution in [3.8, 4) is 0 Å². The van der Waals surface area contributed by atoms with Crippen LogP contribution in [0, 0.1) is 17.3 Å². The molecular formula is C14H28O2. The summed E-state index contributed by atoms with van der Waals surface area (Å²) in [7, 11) is 0. The van der Waals surface area contributed by atoms with Crippen molar-refractivity contribution in [1.29, 1.82) is 0 Å². The van der Waals surface area contributed by atoms with Crippen LogP contribution in [0.4, 0.5) is 0 Å². The summed E-state index contributed by atoms with van der Waals surface area (Å²) in [5, 5.41) is 8.64. The van der Waals surface area contributed by atoms with Crippen LogP contribution in [0.2, 0.25) is 0 Å². The lowest BCUT2D eigenvalue weighted by molar-refractivity contribution is 0.0497. The molecule has 0 unspecified atom stereocenters. The van der Waals surface area contributed by atoms with E-state index in [4.69, 9.17) is 9.84 Å². The molecule has 1 aliphatic carbocycles. The SMILES string of the molecule is CC(C)C1CCC(C)(CCOCCO)CC1. The van der Waals surface area contributed by atoms with Crippen molar-refractivity contribution < 1.29 is 9.84 Å². The van der Waals surface area contributed by atoms with E-state index in [1.807, 2.05) is 0 Å². The Morgan fingerprint density at radius 2 is 1.88 bits per heavy atom. The minimum Gasteiger partial charge on any atom is -0.394 e. The van der Waals surface area contributed by atoms with E-state index in [0.717, 1.165) is 24.9 Å². The zero-order valence-corrected chi connectivity index (χ0v) is 11.2. The predicted molar refractivity (Wildman–Crippen MR) is 67.4 cm³/mol. The lowest BCUT2D eigenvalue weighted by Gasteiger charge is -2.38. The summed E-state index contributed by atoms with van der Waals surface area (Å²) in [4.78, 5) is 0. The average Bonchev–Trinajstić information content (AvgIpc) is 2.25. The highest BCUT2D eigenvalue weighted by atomic mass is 16.5. The predicted octanol–water partition coefficient (Wildman–Crippen LogP) is 3.24. The number of ether oxygens (including phenoxy) is 1. The van der Waals surface area contributed by atoms with E-state index in [1.54, 1.807) is 0 Å². The van der Waals surface area contributed by atoms with Crippen molar-refractivity contribution in [2.24, 2.45) is 17.3 Å². The molecule has 1 rings (SSSR count). The molecule has 0 aliphatic heterocycles. The van der Waals surface area contributed by atoms with Crippen LogP contribution in [0.15, 0.2) is 0 Å². The molecule has 0 spiro atoms. The van der Waals surface area contributed by atoms with E-state index in [2.05, 4.69) is 20.8 Å². The molecule has 0 bridgehead atoms. The lowest BCUT2D eigenvalue weighted by atomic mass is 9.68. The first-order valence-electron chi connectivity index (χ1n) is 6.76. The van der Waals surface area contributed by atoms with Crippen molar-refractivity contribution in [3.05, 3.63) is 0 Å². The first kappa shape index (κ1) is 14.0. The third kappa shape index (κ3) is 4.42. The van der Waals surface area contributed by atoms with Gasteiger partial charge in [-0.3, -0.25) is 0 Å². The quantitative estimate of drug-likeness (QED) is 0.707. The molecule has 2 heteroatoms. The Morgan fingerprint density at radius 1 is 1.25 bits per heavy atom. The van der Waals surface area contributed by atoms with Gasteiger partial charge in [0.25, 0.3) is 0 Å². The van der Waals surface area contributed by atoms with Gasteiger partial charge in [0.15, 0.2) is 0 Å². The van der Waals surface area contributed by atoms with E-state index >= 15 is 0 Å². The van der Waals surface area contributed by atoms with Gasteiger partial charge in [0.2, 0.25) is 0 Å². The number of aliphatic hydroxyl groups excluding tert-OH is 1. The molecule has 96 valence electrons. The molecule has 0 aromatic heterocycles. The molecule has 0 aromatic carbocycles. The Bertz CT molecular complexity index is 181. The average molecular weight is 228 g/mol. The van der Waals surface area contributed by atoms with Gasteiger partial charge < -0.3 is 9.84 Å². The minimum absolute atomic E-state index is 0.145. The second kappa shape index (κ2) is 6.61. The monoisotopic (exact) mass is 228 g/mol. The standard InChI is InChI=1S/C14H28O2/c1-12(2)13-4-6-14(3,7-5-13)8-10-16-11-9-15/h12-13,15H,4-11H2,1-3H3. The number of aliphatic hydroxyl groups is 1. The largest absolute Gasteiger partial charge is 0.394 e. The molecule has 0 heterocycles. The molecule has 1 N–H and O–H groups in total. The summed E-state index contributed by atoms with van der Waals surface area (Å²) in [6.07, 6.45) is 6.61. The van der Waals surface area contributed by atoms with E-state index in [0.29, 0.717) is 12.0 Å². The molecule has 0 atom stereocenters. The zero-order chi connectivity index (χ0) is 12.0. The molecule has 1 fully saturated rings. The summed E-state index contributed by atoms with van der Waals surface area (Å²) >= 11 is 0. The van der Waals surface area contributed by atoms with Crippen LogP contribution in [0.25, 0.3) is 0 Å². The third-order valence-corrected chi connectivity index (χ3v) is 4.27. The van der Waals surface area contributed by atoms with Crippen molar-refractivity contribution in [1.82, 2.24) is 0 Å². The van der Waals surface area contributed by atoms with Crippen LogP contribution >= 0.6 is 0 Å². The fourth-order valence-electron chi connectivity index (χ4n) is 2.74. The van der Waals surface area contributed by atoms with E-state index in [-0.39, 0.29) is 6.61 Å². The fraction of sp³-hybridized carbons (Fsp3) is 1.00. The third-order valence-electron chi connectivity index (χ3n) is 4.27. The van der Waals surface area contributed by atoms with Crippen LogP contribution in [0.1, 0.15) is 52.9 Å². The summed E-state index contributed by atoms with van der Waals surface area (Å²) in [5.41, 5.74) is 0.487. The highest BCUT2D eigenvalue weighted by Crippen LogP contribution is 2.43. The zero-order valence-electron chi connectivity index (χ0n) is 11.2. The van der Waals surface area contributed by atoms with Crippen LogP contribution < -0.4 is 0 Å². The van der Waals surface area contributed by atoms with Gasteiger partial charge >= 0.3 is 0 Å². The Balaban J connectivity index is 2.21. The second-order valence-electron chi connectivity index (χ2n) is 5.98. The molecule has 0 aromatic rings. The summed E-state index contributed by atoms with van der Waals surface area (Å²) in [5.74, 6) is 1.78. The first-order valence-corrected chi connectivity index (χ1v) is 6.76. The maximum Gasteiger partial charge on any atom is 0.0697 e. The smallest absolute Gasteiger partial charge is 0.0697 e. The molecule has 1 saturated carbocycles. The van der Waals surface area contributed by atoms with Gasteiger partial charge in [-0.1, -0.05) is 20.8 Å². The normalized spacial score (nSPS) is 30.9. The van der Waals surface area contributed by atoms with E-state index < -0.39 is 0 Å². The second-order valence-corrected chi connectivity index (χ2v) is 5.98. The summed E-state index contributed by atoms with van der Waals surface area (Å²) in [6, 6.07) is 0. The Morgan fingerprint density at radius 3 is 2.38 bits per heavy atom. The minimum atomic E-state index is 0.145. The maximum atomic E-state index is 8.64. The van der Waals surface area contributed by atoms with Gasteiger partial charge in [-0.15, -0.1) is 0 Å². The van der Waals surface area contributed by atoms with Crippen molar-refractivity contribution in [2.75, 3.05) is 19.8 Å². The van der Waals surface area contributed by atoms with Crippen molar-refractivity contribution in [2.45, 2.75) is 52.9 Å². The van der Waals surface area contributed by atoms with Gasteiger partial charge in [-0.25, -0.2) is 0 Å². The van der Waals surface area contributed by atoms with E-state index in [1.165, 1.54) is 25.7 Å². The lowest BCUT2D eigenvalue weighted by Crippen LogP contribution is -2.28. The van der Waals surface area contributed by atoms with Crippen LogP contribution in [-0.4, -0.2) is 24.9 Å². The molecule has 0 amide bonds.